The summed E-state index contributed by atoms with van der Waals surface area (Å²) in [6.07, 6.45) is -1.96. The highest BCUT2D eigenvalue weighted by atomic mass is 19.4. The Morgan fingerprint density at radius 3 is 2.41 bits per heavy atom. The van der Waals surface area contributed by atoms with Crippen LogP contribution in [0.4, 0.5) is 18.9 Å². The molecule has 0 atom stereocenters. The number of alkyl halides is 3. The van der Waals surface area contributed by atoms with E-state index in [1.807, 2.05) is 0 Å². The first-order valence-corrected chi connectivity index (χ1v) is 8.27. The van der Waals surface area contributed by atoms with Gasteiger partial charge in [0.1, 0.15) is 0 Å². The third kappa shape index (κ3) is 6.56. The number of carbonyl (C=O) groups excluding carboxylic acids is 2. The van der Waals surface area contributed by atoms with E-state index in [-0.39, 0.29) is 5.69 Å². The van der Waals surface area contributed by atoms with Crippen molar-refractivity contribution < 1.29 is 37.0 Å². The molecule has 2 rings (SSSR count). The molecule has 0 saturated heterocycles. The molecule has 1 amide bonds. The molecule has 154 valence electrons. The van der Waals surface area contributed by atoms with E-state index in [4.69, 9.17) is 14.2 Å². The fourth-order valence-electron chi connectivity index (χ4n) is 2.28. The second kappa shape index (κ2) is 9.63. The van der Waals surface area contributed by atoms with Gasteiger partial charge in [0.2, 0.25) is 0 Å². The molecule has 0 spiro atoms. The largest absolute Gasteiger partial charge is 0.493 e. The highest BCUT2D eigenvalue weighted by Crippen LogP contribution is 2.30. The Morgan fingerprint density at radius 1 is 1.03 bits per heavy atom. The van der Waals surface area contributed by atoms with Crippen LogP contribution in [0.3, 0.4) is 0 Å². The van der Waals surface area contributed by atoms with Gasteiger partial charge < -0.3 is 19.5 Å². The summed E-state index contributed by atoms with van der Waals surface area (Å²) in [5, 5.41) is 2.24. The molecule has 0 radical (unpaired) electrons. The highest BCUT2D eigenvalue weighted by molar-refractivity contribution is 5.94. The zero-order chi connectivity index (χ0) is 21.4. The van der Waals surface area contributed by atoms with Crippen molar-refractivity contribution in [3.05, 3.63) is 59.7 Å². The molecule has 0 aliphatic carbocycles. The fourth-order valence-corrected chi connectivity index (χ4v) is 2.28. The van der Waals surface area contributed by atoms with Gasteiger partial charge in [-0.1, -0.05) is 12.1 Å². The average Bonchev–Trinajstić information content (AvgIpc) is 2.70. The zero-order valence-electron chi connectivity index (χ0n) is 15.6. The van der Waals surface area contributed by atoms with Gasteiger partial charge in [0.25, 0.3) is 5.91 Å². The van der Waals surface area contributed by atoms with Crippen LogP contribution in [0.2, 0.25) is 0 Å². The Hall–Kier alpha value is -3.49. The van der Waals surface area contributed by atoms with E-state index in [1.165, 1.54) is 26.4 Å². The monoisotopic (exact) mass is 409 g/mol. The normalized spacial score (nSPS) is 11.2. The van der Waals surface area contributed by atoms with E-state index in [1.54, 1.807) is 18.2 Å². The summed E-state index contributed by atoms with van der Waals surface area (Å²) in [7, 11) is 2.97. The predicted molar refractivity (Wildman–Crippen MR) is 99.6 cm³/mol. The van der Waals surface area contributed by atoms with Crippen LogP contribution in [0.5, 0.6) is 11.5 Å². The number of carbonyl (C=O) groups is 2. The molecule has 29 heavy (non-hydrogen) atoms. The summed E-state index contributed by atoms with van der Waals surface area (Å²) >= 11 is 0. The molecule has 9 heteroatoms. The molecule has 0 aliphatic rings. The van der Waals surface area contributed by atoms with Crippen LogP contribution < -0.4 is 14.8 Å². The van der Waals surface area contributed by atoms with E-state index >= 15 is 0 Å². The number of benzene rings is 2. The van der Waals surface area contributed by atoms with Gasteiger partial charge in [-0.2, -0.15) is 13.2 Å². The fraction of sp³-hybridized carbons (Fsp3) is 0.200. The smallest absolute Gasteiger partial charge is 0.416 e. The second-order valence-corrected chi connectivity index (χ2v) is 5.68. The van der Waals surface area contributed by atoms with Crippen molar-refractivity contribution in [3.8, 4) is 11.5 Å². The summed E-state index contributed by atoms with van der Waals surface area (Å²) in [6.45, 7) is -0.647. The first-order chi connectivity index (χ1) is 13.7. The number of rotatable bonds is 7. The van der Waals surface area contributed by atoms with Gasteiger partial charge in [-0.15, -0.1) is 0 Å². The highest BCUT2D eigenvalue weighted by Gasteiger charge is 2.30. The van der Waals surface area contributed by atoms with Crippen molar-refractivity contribution in [2.45, 2.75) is 6.18 Å². The van der Waals surface area contributed by atoms with Crippen LogP contribution >= 0.6 is 0 Å². The predicted octanol–water partition coefficient (Wildman–Crippen LogP) is 3.92. The number of amides is 1. The van der Waals surface area contributed by atoms with E-state index < -0.39 is 30.2 Å². The maximum atomic E-state index is 12.7. The number of anilines is 1. The Balaban J connectivity index is 1.89. The SMILES string of the molecule is COc1ccc(/C=C/C(=O)OCC(=O)Nc2cccc(C(F)(F)F)c2)cc1OC. The molecule has 0 fully saturated rings. The lowest BCUT2D eigenvalue weighted by Crippen LogP contribution is -2.20. The van der Waals surface area contributed by atoms with Crippen LogP contribution in [0.15, 0.2) is 48.5 Å². The molecule has 6 nitrogen and oxygen atoms in total. The van der Waals surface area contributed by atoms with Crippen LogP contribution in [-0.2, 0) is 20.5 Å². The number of ether oxygens (including phenoxy) is 3. The standard InChI is InChI=1S/C20H18F3NO5/c1-27-16-8-6-13(10-17(16)28-2)7-9-19(26)29-12-18(25)24-15-5-3-4-14(11-15)20(21,22)23/h3-11H,12H2,1-2H3,(H,24,25)/b9-7+. The van der Waals surface area contributed by atoms with Crippen LogP contribution in [-0.4, -0.2) is 32.7 Å². The van der Waals surface area contributed by atoms with Crippen molar-refractivity contribution in [1.29, 1.82) is 0 Å². The molecule has 2 aromatic rings. The third-order valence-corrected chi connectivity index (χ3v) is 3.64. The van der Waals surface area contributed by atoms with E-state index in [0.717, 1.165) is 24.3 Å². The van der Waals surface area contributed by atoms with E-state index in [0.29, 0.717) is 17.1 Å². The average molecular weight is 409 g/mol. The number of esters is 1. The molecular formula is C20H18F3NO5. The maximum absolute atomic E-state index is 12.7. The van der Waals surface area contributed by atoms with Crippen LogP contribution in [0.25, 0.3) is 6.08 Å². The number of hydrogen-bond donors (Lipinski definition) is 1. The van der Waals surface area contributed by atoms with E-state index in [2.05, 4.69) is 5.32 Å². The van der Waals surface area contributed by atoms with Crippen molar-refractivity contribution in [3.63, 3.8) is 0 Å². The van der Waals surface area contributed by atoms with Gasteiger partial charge in [-0.05, 0) is 42.0 Å². The Bertz CT molecular complexity index is 909. The van der Waals surface area contributed by atoms with Crippen LogP contribution in [0, 0.1) is 0 Å². The van der Waals surface area contributed by atoms with Gasteiger partial charge in [0.15, 0.2) is 18.1 Å². The summed E-state index contributed by atoms with van der Waals surface area (Å²) in [4.78, 5) is 23.5. The third-order valence-electron chi connectivity index (χ3n) is 3.64. The van der Waals surface area contributed by atoms with Gasteiger partial charge >= 0.3 is 12.1 Å². The van der Waals surface area contributed by atoms with Gasteiger partial charge in [-0.25, -0.2) is 4.79 Å². The number of hydrogen-bond acceptors (Lipinski definition) is 5. The summed E-state index contributed by atoms with van der Waals surface area (Å²) < 4.78 is 53.0. The van der Waals surface area contributed by atoms with Gasteiger partial charge in [0.05, 0.1) is 19.8 Å². The molecule has 0 aromatic heterocycles. The number of halogens is 3. The molecule has 2 aromatic carbocycles. The van der Waals surface area contributed by atoms with Crippen LogP contribution in [0.1, 0.15) is 11.1 Å². The van der Waals surface area contributed by atoms with Crippen molar-refractivity contribution >= 4 is 23.6 Å². The second-order valence-electron chi connectivity index (χ2n) is 5.68. The first-order valence-electron chi connectivity index (χ1n) is 8.27. The van der Waals surface area contributed by atoms with Crippen molar-refractivity contribution in [2.75, 3.05) is 26.1 Å². The summed E-state index contributed by atoms with van der Waals surface area (Å²) in [5.41, 5.74) is -0.320. The minimum Gasteiger partial charge on any atom is -0.493 e. The molecular weight excluding hydrogens is 391 g/mol. The van der Waals surface area contributed by atoms with Crippen molar-refractivity contribution in [2.24, 2.45) is 0 Å². The molecule has 0 heterocycles. The van der Waals surface area contributed by atoms with Gasteiger partial charge in [0, 0.05) is 11.8 Å². The molecule has 0 aliphatic heterocycles. The number of nitrogens with one attached hydrogen (secondary N) is 1. The lowest BCUT2D eigenvalue weighted by atomic mass is 10.2. The Labute approximate surface area is 164 Å². The minimum absolute atomic E-state index is 0.0539. The van der Waals surface area contributed by atoms with Crippen molar-refractivity contribution in [1.82, 2.24) is 0 Å². The Morgan fingerprint density at radius 2 is 1.76 bits per heavy atom. The lowest BCUT2D eigenvalue weighted by Gasteiger charge is -2.10. The topological polar surface area (TPSA) is 73.9 Å². The molecule has 0 bridgehead atoms. The minimum atomic E-state index is -4.53. The Kier molecular flexibility index (Phi) is 7.24. The summed E-state index contributed by atoms with van der Waals surface area (Å²) in [5.74, 6) is -0.557. The quantitative estimate of drug-likeness (QED) is 0.554. The zero-order valence-corrected chi connectivity index (χ0v) is 15.6. The van der Waals surface area contributed by atoms with E-state index in [9.17, 15) is 22.8 Å². The molecule has 0 unspecified atom stereocenters. The maximum Gasteiger partial charge on any atom is 0.416 e. The van der Waals surface area contributed by atoms with Gasteiger partial charge in [-0.3, -0.25) is 4.79 Å². The molecule has 0 saturated carbocycles. The lowest BCUT2D eigenvalue weighted by molar-refractivity contribution is -0.142. The summed E-state index contributed by atoms with van der Waals surface area (Å²) in [6, 6.07) is 9.12. The number of methoxy groups -OCH3 is 2. The molecule has 1 N–H and O–H groups in total. The first kappa shape index (κ1) is 21.8.